The van der Waals surface area contributed by atoms with Crippen LogP contribution in [0.3, 0.4) is 0 Å². The Bertz CT molecular complexity index is 167. The Labute approximate surface area is 98.0 Å². The predicted molar refractivity (Wildman–Crippen MR) is 71.2 cm³/mol. The van der Waals surface area contributed by atoms with Crippen LogP contribution in [-0.2, 0) is 0 Å². The Morgan fingerprint density at radius 3 is 1.71 bits per heavy atom. The topological polar surface area (TPSA) is 0 Å². The molecule has 1 saturated carbocycles. The summed E-state index contributed by atoms with van der Waals surface area (Å²) in [6, 6.07) is 0. The first-order valence-corrected chi connectivity index (χ1v) is 7.99. The van der Waals surface area contributed by atoms with Crippen molar-refractivity contribution >= 4 is 23.5 Å². The van der Waals surface area contributed by atoms with E-state index in [2.05, 4.69) is 56.8 Å². The third kappa shape index (κ3) is 2.85. The van der Waals surface area contributed by atoms with Crippen molar-refractivity contribution in [2.24, 2.45) is 11.3 Å². The molecular weight excluding hydrogens is 208 g/mol. The van der Waals surface area contributed by atoms with Crippen LogP contribution < -0.4 is 0 Å². The zero-order valence-corrected chi connectivity index (χ0v) is 11.9. The molecule has 0 heterocycles. The molecule has 0 atom stereocenters. The number of rotatable bonds is 2. The van der Waals surface area contributed by atoms with Crippen molar-refractivity contribution in [3.8, 4) is 0 Å². The summed E-state index contributed by atoms with van der Waals surface area (Å²) in [5.41, 5.74) is 0.517. The minimum atomic E-state index is 0.517. The fourth-order valence-electron chi connectivity index (χ4n) is 2.42. The Morgan fingerprint density at radius 2 is 1.43 bits per heavy atom. The lowest BCUT2D eigenvalue weighted by Crippen LogP contribution is -2.32. The van der Waals surface area contributed by atoms with Crippen molar-refractivity contribution < 1.29 is 0 Å². The minimum absolute atomic E-state index is 0.517. The van der Waals surface area contributed by atoms with E-state index in [1.165, 1.54) is 25.7 Å². The van der Waals surface area contributed by atoms with Crippen molar-refractivity contribution in [3.05, 3.63) is 0 Å². The molecule has 2 heteroatoms. The Hall–Kier alpha value is 0.700. The molecule has 0 aromatic heterocycles. The van der Waals surface area contributed by atoms with Crippen molar-refractivity contribution in [2.45, 2.75) is 50.5 Å². The number of hydrogen-bond donors (Lipinski definition) is 0. The normalized spacial score (nSPS) is 23.8. The second kappa shape index (κ2) is 4.69. The number of thioether (sulfide) groups is 2. The molecular formula is C12H24S2. The molecule has 1 aliphatic rings. The Kier molecular flexibility index (Phi) is 4.28. The van der Waals surface area contributed by atoms with Gasteiger partial charge in [0.2, 0.25) is 0 Å². The van der Waals surface area contributed by atoms with E-state index in [4.69, 9.17) is 0 Å². The summed E-state index contributed by atoms with van der Waals surface area (Å²) in [4.78, 5) is 0. The summed E-state index contributed by atoms with van der Waals surface area (Å²) in [6.45, 7) is 7.18. The van der Waals surface area contributed by atoms with Crippen molar-refractivity contribution in [2.75, 3.05) is 12.5 Å². The first-order chi connectivity index (χ1) is 6.43. The fraction of sp³-hybridized carbons (Fsp3) is 1.00. The molecule has 0 saturated heterocycles. The van der Waals surface area contributed by atoms with Gasteiger partial charge in [-0.15, -0.1) is 23.5 Å². The smallest absolute Gasteiger partial charge is 0.0605 e. The van der Waals surface area contributed by atoms with E-state index in [-0.39, 0.29) is 0 Å². The third-order valence-electron chi connectivity index (χ3n) is 3.72. The molecule has 0 aromatic rings. The molecule has 1 rings (SSSR count). The molecule has 0 aliphatic heterocycles. The predicted octanol–water partition coefficient (Wildman–Crippen LogP) is 4.65. The Morgan fingerprint density at radius 1 is 1.00 bits per heavy atom. The largest absolute Gasteiger partial charge is 0.148 e. The van der Waals surface area contributed by atoms with E-state index in [0.717, 1.165) is 5.92 Å². The van der Waals surface area contributed by atoms with Gasteiger partial charge in [0.05, 0.1) is 4.08 Å². The van der Waals surface area contributed by atoms with Crippen LogP contribution in [0.5, 0.6) is 0 Å². The van der Waals surface area contributed by atoms with Gasteiger partial charge in [0.1, 0.15) is 0 Å². The summed E-state index contributed by atoms with van der Waals surface area (Å²) < 4.78 is 0.543. The van der Waals surface area contributed by atoms with Gasteiger partial charge >= 0.3 is 0 Å². The van der Waals surface area contributed by atoms with Crippen molar-refractivity contribution in [1.82, 2.24) is 0 Å². The first-order valence-electron chi connectivity index (χ1n) is 5.54. The molecule has 0 nitrogen and oxygen atoms in total. The lowest BCUT2D eigenvalue weighted by Gasteiger charge is -2.42. The van der Waals surface area contributed by atoms with Crippen LogP contribution in [-0.4, -0.2) is 16.6 Å². The van der Waals surface area contributed by atoms with E-state index >= 15 is 0 Å². The molecule has 0 aromatic carbocycles. The van der Waals surface area contributed by atoms with Crippen LogP contribution in [0.1, 0.15) is 46.5 Å². The van der Waals surface area contributed by atoms with E-state index < -0.39 is 0 Å². The Balaban J connectivity index is 2.53. The van der Waals surface area contributed by atoms with E-state index in [9.17, 15) is 0 Å². The van der Waals surface area contributed by atoms with Gasteiger partial charge in [-0.3, -0.25) is 0 Å². The molecule has 0 N–H and O–H groups in total. The SMILES string of the molecule is CSC1(SC)CCC(C(C)(C)C)CC1. The number of hydrogen-bond acceptors (Lipinski definition) is 2. The van der Waals surface area contributed by atoms with Gasteiger partial charge in [-0.1, -0.05) is 20.8 Å². The third-order valence-corrected chi connectivity index (χ3v) is 7.02. The second-order valence-electron chi connectivity index (χ2n) is 5.46. The first kappa shape index (κ1) is 12.8. The molecule has 1 fully saturated rings. The summed E-state index contributed by atoms with van der Waals surface area (Å²) >= 11 is 4.14. The molecule has 0 unspecified atom stereocenters. The zero-order chi connectivity index (χ0) is 10.8. The van der Waals surface area contributed by atoms with Gasteiger partial charge in [-0.25, -0.2) is 0 Å². The van der Waals surface area contributed by atoms with Crippen molar-refractivity contribution in [3.63, 3.8) is 0 Å². The maximum absolute atomic E-state index is 2.39. The van der Waals surface area contributed by atoms with Gasteiger partial charge < -0.3 is 0 Å². The molecule has 1 aliphatic carbocycles. The van der Waals surface area contributed by atoms with Crippen LogP contribution in [0, 0.1) is 11.3 Å². The lowest BCUT2D eigenvalue weighted by molar-refractivity contribution is 0.178. The summed E-state index contributed by atoms with van der Waals surface area (Å²) in [7, 11) is 0. The van der Waals surface area contributed by atoms with Crippen LogP contribution in [0.4, 0.5) is 0 Å². The monoisotopic (exact) mass is 232 g/mol. The van der Waals surface area contributed by atoms with Gasteiger partial charge in [0.25, 0.3) is 0 Å². The van der Waals surface area contributed by atoms with Gasteiger partial charge in [0, 0.05) is 0 Å². The molecule has 14 heavy (non-hydrogen) atoms. The second-order valence-corrected chi connectivity index (χ2v) is 8.10. The fourth-order valence-corrected chi connectivity index (χ4v) is 4.37. The summed E-state index contributed by atoms with van der Waals surface area (Å²) in [6.07, 6.45) is 10.2. The van der Waals surface area contributed by atoms with Crippen molar-refractivity contribution in [1.29, 1.82) is 0 Å². The summed E-state index contributed by atoms with van der Waals surface area (Å²) in [5, 5.41) is 0. The highest BCUT2D eigenvalue weighted by atomic mass is 32.2. The molecule has 0 bridgehead atoms. The highest BCUT2D eigenvalue weighted by Crippen LogP contribution is 2.50. The van der Waals surface area contributed by atoms with Gasteiger partial charge in [-0.05, 0) is 49.5 Å². The highest BCUT2D eigenvalue weighted by molar-refractivity contribution is 8.17. The maximum atomic E-state index is 2.39. The van der Waals surface area contributed by atoms with E-state index in [0.29, 0.717) is 9.49 Å². The highest BCUT2D eigenvalue weighted by Gasteiger charge is 2.37. The van der Waals surface area contributed by atoms with Crippen LogP contribution in [0.25, 0.3) is 0 Å². The molecule has 0 amide bonds. The summed E-state index contributed by atoms with van der Waals surface area (Å²) in [5.74, 6) is 0.940. The van der Waals surface area contributed by atoms with Crippen LogP contribution in [0.15, 0.2) is 0 Å². The molecule has 0 spiro atoms. The zero-order valence-electron chi connectivity index (χ0n) is 10.2. The van der Waals surface area contributed by atoms with Gasteiger partial charge in [0.15, 0.2) is 0 Å². The van der Waals surface area contributed by atoms with Crippen LogP contribution >= 0.6 is 23.5 Å². The maximum Gasteiger partial charge on any atom is 0.0605 e. The molecule has 0 radical (unpaired) electrons. The van der Waals surface area contributed by atoms with E-state index in [1.54, 1.807) is 0 Å². The minimum Gasteiger partial charge on any atom is -0.148 e. The standard InChI is InChI=1S/C12H24S2/c1-11(2,3)10-6-8-12(13-4,14-5)9-7-10/h10H,6-9H2,1-5H3. The quantitative estimate of drug-likeness (QED) is 0.636. The average molecular weight is 232 g/mol. The lowest BCUT2D eigenvalue weighted by atomic mass is 9.72. The van der Waals surface area contributed by atoms with E-state index in [1.807, 2.05) is 0 Å². The average Bonchev–Trinajstić information content (AvgIpc) is 2.16. The molecule has 84 valence electrons. The van der Waals surface area contributed by atoms with Gasteiger partial charge in [-0.2, -0.15) is 0 Å². The van der Waals surface area contributed by atoms with Crippen LogP contribution in [0.2, 0.25) is 0 Å².